The molecule has 0 radical (unpaired) electrons. The lowest BCUT2D eigenvalue weighted by atomic mass is 9.73. The lowest BCUT2D eigenvalue weighted by Gasteiger charge is -2.40. The van der Waals surface area contributed by atoms with E-state index in [-0.39, 0.29) is 11.3 Å². The summed E-state index contributed by atoms with van der Waals surface area (Å²) in [5.74, 6) is 0.619. The molecule has 1 aromatic carbocycles. The largest absolute Gasteiger partial charge is 0.353 e. The number of pyridine rings is 1. The van der Waals surface area contributed by atoms with E-state index in [4.69, 9.17) is 0 Å². The molecule has 1 saturated carbocycles. The van der Waals surface area contributed by atoms with Crippen LogP contribution >= 0.6 is 0 Å². The predicted octanol–water partition coefficient (Wildman–Crippen LogP) is 3.77. The van der Waals surface area contributed by atoms with Crippen LogP contribution < -0.4 is 5.32 Å². The summed E-state index contributed by atoms with van der Waals surface area (Å²) in [5.41, 5.74) is 4.49. The van der Waals surface area contributed by atoms with Crippen molar-refractivity contribution in [3.63, 3.8) is 0 Å². The van der Waals surface area contributed by atoms with Crippen LogP contribution in [-0.2, 0) is 16.8 Å². The molecular weight excluding hydrogens is 346 g/mol. The molecule has 1 aliphatic heterocycles. The molecule has 28 heavy (non-hydrogen) atoms. The second-order valence-corrected chi connectivity index (χ2v) is 8.95. The number of hydrogen-bond donors (Lipinski definition) is 1. The molecular formula is C24H29N3O. The van der Waals surface area contributed by atoms with Crippen LogP contribution in [0.15, 0.2) is 48.8 Å². The molecule has 2 fully saturated rings. The first kappa shape index (κ1) is 17.9. The molecule has 1 N–H and O–H groups in total. The van der Waals surface area contributed by atoms with Gasteiger partial charge in [-0.1, -0.05) is 30.3 Å². The Bertz CT molecular complexity index is 838. The summed E-state index contributed by atoms with van der Waals surface area (Å²) in [4.78, 5) is 19.3. The summed E-state index contributed by atoms with van der Waals surface area (Å²) in [7, 11) is 0. The Balaban J connectivity index is 1.28. The van der Waals surface area contributed by atoms with Crippen molar-refractivity contribution < 1.29 is 4.79 Å². The minimum absolute atomic E-state index is 0.244. The monoisotopic (exact) mass is 375 g/mol. The SMILES string of the molecule is O=C(C[C@@H]1CC2(CCN(Cc3cccnc3)CC2)c2ccccc21)NC1CC1. The molecule has 1 aromatic heterocycles. The number of amides is 1. The third-order valence-electron chi connectivity index (χ3n) is 6.93. The maximum Gasteiger partial charge on any atom is 0.220 e. The fraction of sp³-hybridized carbons (Fsp3) is 0.500. The maximum atomic E-state index is 12.5. The quantitative estimate of drug-likeness (QED) is 0.865. The van der Waals surface area contributed by atoms with Gasteiger partial charge in [0.05, 0.1) is 0 Å². The van der Waals surface area contributed by atoms with Gasteiger partial charge in [0.25, 0.3) is 0 Å². The number of likely N-dealkylation sites (tertiary alicyclic amines) is 1. The normalized spacial score (nSPS) is 23.5. The zero-order chi connectivity index (χ0) is 19.0. The van der Waals surface area contributed by atoms with E-state index in [0.717, 1.165) is 38.9 Å². The van der Waals surface area contributed by atoms with Crippen LogP contribution in [0.1, 0.15) is 61.1 Å². The molecule has 3 aliphatic rings. The van der Waals surface area contributed by atoms with E-state index < -0.39 is 0 Å². The number of fused-ring (bicyclic) bond motifs is 2. The first-order valence-electron chi connectivity index (χ1n) is 10.7. The number of aromatic nitrogens is 1. The second-order valence-electron chi connectivity index (χ2n) is 8.95. The highest BCUT2D eigenvalue weighted by Gasteiger charge is 2.45. The molecule has 1 spiro atoms. The van der Waals surface area contributed by atoms with Gasteiger partial charge in [0.15, 0.2) is 0 Å². The number of nitrogens with zero attached hydrogens (tertiary/aromatic N) is 2. The van der Waals surface area contributed by atoms with Crippen molar-refractivity contribution in [1.82, 2.24) is 15.2 Å². The van der Waals surface area contributed by atoms with Crippen molar-refractivity contribution in [1.29, 1.82) is 0 Å². The molecule has 2 heterocycles. The van der Waals surface area contributed by atoms with Crippen molar-refractivity contribution in [3.05, 3.63) is 65.5 Å². The third kappa shape index (κ3) is 3.58. The number of carbonyl (C=O) groups excluding carboxylic acids is 1. The highest BCUT2D eigenvalue weighted by atomic mass is 16.1. The smallest absolute Gasteiger partial charge is 0.220 e. The fourth-order valence-corrected chi connectivity index (χ4v) is 5.31. The Morgan fingerprint density at radius 2 is 1.96 bits per heavy atom. The predicted molar refractivity (Wildman–Crippen MR) is 110 cm³/mol. The Morgan fingerprint density at radius 1 is 1.14 bits per heavy atom. The zero-order valence-corrected chi connectivity index (χ0v) is 16.4. The van der Waals surface area contributed by atoms with Crippen LogP contribution in [-0.4, -0.2) is 34.9 Å². The summed E-state index contributed by atoms with van der Waals surface area (Å²) in [6, 6.07) is 13.5. The molecule has 0 unspecified atom stereocenters. The van der Waals surface area contributed by atoms with Crippen LogP contribution in [0.5, 0.6) is 0 Å². The van der Waals surface area contributed by atoms with Gasteiger partial charge >= 0.3 is 0 Å². The van der Waals surface area contributed by atoms with E-state index in [1.165, 1.54) is 29.5 Å². The van der Waals surface area contributed by atoms with Crippen molar-refractivity contribution in [3.8, 4) is 0 Å². The molecule has 1 amide bonds. The van der Waals surface area contributed by atoms with Crippen LogP contribution in [0, 0.1) is 0 Å². The topological polar surface area (TPSA) is 45.2 Å². The van der Waals surface area contributed by atoms with Gasteiger partial charge in [-0.25, -0.2) is 0 Å². The van der Waals surface area contributed by atoms with Gasteiger partial charge in [-0.15, -0.1) is 0 Å². The van der Waals surface area contributed by atoms with Crippen molar-refractivity contribution in [2.75, 3.05) is 13.1 Å². The van der Waals surface area contributed by atoms with Crippen LogP contribution in [0.2, 0.25) is 0 Å². The number of carbonyl (C=O) groups is 1. The Hall–Kier alpha value is -2.20. The van der Waals surface area contributed by atoms with Gasteiger partial charge in [0.2, 0.25) is 5.91 Å². The maximum absolute atomic E-state index is 12.5. The highest BCUT2D eigenvalue weighted by Crippen LogP contribution is 2.52. The van der Waals surface area contributed by atoms with E-state index in [2.05, 4.69) is 45.5 Å². The van der Waals surface area contributed by atoms with E-state index in [9.17, 15) is 4.79 Å². The highest BCUT2D eigenvalue weighted by molar-refractivity contribution is 5.78. The summed E-state index contributed by atoms with van der Waals surface area (Å²) < 4.78 is 0. The Morgan fingerprint density at radius 3 is 2.71 bits per heavy atom. The standard InChI is InChI=1S/C24H29N3O/c28-23(26-20-7-8-20)14-19-15-24(22-6-2-1-5-21(19)22)9-12-27(13-10-24)17-18-4-3-11-25-16-18/h1-6,11,16,19-20H,7-10,12-15,17H2,(H,26,28)/t19-/m1/s1. The lowest BCUT2D eigenvalue weighted by Crippen LogP contribution is -2.41. The van der Waals surface area contributed by atoms with Gasteiger partial charge in [0.1, 0.15) is 0 Å². The average Bonchev–Trinajstić information content (AvgIpc) is 3.48. The van der Waals surface area contributed by atoms with Crippen molar-refractivity contribution in [2.24, 2.45) is 0 Å². The first-order chi connectivity index (χ1) is 13.7. The summed E-state index contributed by atoms with van der Waals surface area (Å²) in [6.07, 6.45) is 10.3. The minimum atomic E-state index is 0.244. The molecule has 2 aromatic rings. The molecule has 5 rings (SSSR count). The first-order valence-corrected chi connectivity index (χ1v) is 10.7. The molecule has 4 heteroatoms. The van der Waals surface area contributed by atoms with Gasteiger partial charge in [-0.2, -0.15) is 0 Å². The minimum Gasteiger partial charge on any atom is -0.353 e. The molecule has 2 aliphatic carbocycles. The molecule has 0 bridgehead atoms. The number of piperidine rings is 1. The Labute approximate surface area is 167 Å². The molecule has 1 atom stereocenters. The lowest BCUT2D eigenvalue weighted by molar-refractivity contribution is -0.121. The molecule has 4 nitrogen and oxygen atoms in total. The van der Waals surface area contributed by atoms with Crippen LogP contribution in [0.4, 0.5) is 0 Å². The molecule has 1 saturated heterocycles. The van der Waals surface area contributed by atoms with Gasteiger partial charge in [0, 0.05) is 31.4 Å². The summed E-state index contributed by atoms with van der Waals surface area (Å²) in [6.45, 7) is 3.22. The van der Waals surface area contributed by atoms with E-state index >= 15 is 0 Å². The van der Waals surface area contributed by atoms with Gasteiger partial charge in [-0.3, -0.25) is 14.7 Å². The average molecular weight is 376 g/mol. The number of rotatable bonds is 5. The number of benzene rings is 1. The van der Waals surface area contributed by atoms with Crippen LogP contribution in [0.3, 0.4) is 0 Å². The summed E-state index contributed by atoms with van der Waals surface area (Å²) >= 11 is 0. The zero-order valence-electron chi connectivity index (χ0n) is 16.4. The number of nitrogens with one attached hydrogen (secondary N) is 1. The number of hydrogen-bond acceptors (Lipinski definition) is 3. The van der Waals surface area contributed by atoms with Gasteiger partial charge < -0.3 is 5.32 Å². The fourth-order valence-electron chi connectivity index (χ4n) is 5.31. The van der Waals surface area contributed by atoms with E-state index in [0.29, 0.717) is 18.4 Å². The van der Waals surface area contributed by atoms with E-state index in [1.807, 2.05) is 18.5 Å². The van der Waals surface area contributed by atoms with Crippen LogP contribution in [0.25, 0.3) is 0 Å². The van der Waals surface area contributed by atoms with Gasteiger partial charge in [-0.05, 0) is 79.3 Å². The molecule has 146 valence electrons. The van der Waals surface area contributed by atoms with Crippen molar-refractivity contribution in [2.45, 2.75) is 62.4 Å². The van der Waals surface area contributed by atoms with E-state index in [1.54, 1.807) is 0 Å². The Kier molecular flexibility index (Phi) is 4.67. The van der Waals surface area contributed by atoms with Crippen molar-refractivity contribution >= 4 is 5.91 Å². The third-order valence-corrected chi connectivity index (χ3v) is 6.93. The summed E-state index contributed by atoms with van der Waals surface area (Å²) in [5, 5.41) is 3.18. The second kappa shape index (κ2) is 7.32.